The van der Waals surface area contributed by atoms with Crippen LogP contribution in [0.3, 0.4) is 0 Å². The van der Waals surface area contributed by atoms with E-state index in [2.05, 4.69) is 31.9 Å². The molecule has 0 atom stereocenters. The summed E-state index contributed by atoms with van der Waals surface area (Å²) in [4.78, 5) is 14.4. The fourth-order valence-electron chi connectivity index (χ4n) is 3.71. The zero-order valence-corrected chi connectivity index (χ0v) is 14.5. The Bertz CT molecular complexity index is 739. The molecule has 3 heteroatoms. The van der Waals surface area contributed by atoms with Gasteiger partial charge in [-0.2, -0.15) is 0 Å². The average molecular weight is 313 g/mol. The van der Waals surface area contributed by atoms with Gasteiger partial charge >= 0.3 is 5.63 Å². The Labute approximate surface area is 138 Å². The lowest BCUT2D eigenvalue weighted by Crippen LogP contribution is -2.31. The molecule has 0 amide bonds. The summed E-state index contributed by atoms with van der Waals surface area (Å²) in [6.07, 6.45) is 7.92. The van der Waals surface area contributed by atoms with E-state index in [1.807, 2.05) is 6.07 Å². The Morgan fingerprint density at radius 3 is 2.39 bits per heavy atom. The predicted molar refractivity (Wildman–Crippen MR) is 94.9 cm³/mol. The van der Waals surface area contributed by atoms with Crippen molar-refractivity contribution in [3.63, 3.8) is 0 Å². The van der Waals surface area contributed by atoms with Crippen molar-refractivity contribution < 1.29 is 4.42 Å². The van der Waals surface area contributed by atoms with Gasteiger partial charge in [0, 0.05) is 24.0 Å². The molecular formula is C20H27NO2. The van der Waals surface area contributed by atoms with Gasteiger partial charge in [0.1, 0.15) is 5.58 Å². The SMILES string of the molecule is Cc1cc2oc(=O)cc(CN(C)C3CCCCCC3)c2cc1C. The number of aryl methyl sites for hydroxylation is 2. The highest BCUT2D eigenvalue weighted by molar-refractivity contribution is 5.81. The number of fused-ring (bicyclic) bond motifs is 1. The topological polar surface area (TPSA) is 33.5 Å². The van der Waals surface area contributed by atoms with Gasteiger partial charge in [-0.15, -0.1) is 0 Å². The molecule has 0 unspecified atom stereocenters. The maximum atomic E-state index is 11.9. The van der Waals surface area contributed by atoms with E-state index in [0.717, 1.165) is 23.1 Å². The third kappa shape index (κ3) is 3.66. The first-order valence-electron chi connectivity index (χ1n) is 8.79. The Balaban J connectivity index is 1.92. The molecule has 124 valence electrons. The van der Waals surface area contributed by atoms with Gasteiger partial charge in [0.25, 0.3) is 0 Å². The summed E-state index contributed by atoms with van der Waals surface area (Å²) in [6.45, 7) is 4.98. The predicted octanol–water partition coefficient (Wildman–Crippen LogP) is 4.56. The van der Waals surface area contributed by atoms with Crippen LogP contribution < -0.4 is 5.63 Å². The monoisotopic (exact) mass is 313 g/mol. The molecule has 1 aliphatic rings. The van der Waals surface area contributed by atoms with Crippen LogP contribution >= 0.6 is 0 Å². The largest absolute Gasteiger partial charge is 0.423 e. The fourth-order valence-corrected chi connectivity index (χ4v) is 3.71. The van der Waals surface area contributed by atoms with Gasteiger partial charge in [-0.1, -0.05) is 25.7 Å². The molecule has 1 aliphatic carbocycles. The van der Waals surface area contributed by atoms with Crippen molar-refractivity contribution in [2.24, 2.45) is 0 Å². The van der Waals surface area contributed by atoms with Crippen LogP contribution in [0, 0.1) is 13.8 Å². The number of rotatable bonds is 3. The Hall–Kier alpha value is -1.61. The molecule has 0 N–H and O–H groups in total. The molecule has 0 aliphatic heterocycles. The van der Waals surface area contributed by atoms with Gasteiger partial charge in [0.05, 0.1) is 0 Å². The van der Waals surface area contributed by atoms with Crippen molar-refractivity contribution >= 4 is 11.0 Å². The van der Waals surface area contributed by atoms with Gasteiger partial charge < -0.3 is 4.42 Å². The standard InChI is InChI=1S/C20H27NO2/c1-14-10-18-16(12-20(22)23-19(18)11-15(14)2)13-21(3)17-8-6-4-5-7-9-17/h10-12,17H,4-9,13H2,1-3H3. The number of benzene rings is 1. The van der Waals surface area contributed by atoms with E-state index < -0.39 is 0 Å². The maximum absolute atomic E-state index is 11.9. The summed E-state index contributed by atoms with van der Waals surface area (Å²) in [5.74, 6) is 0. The second-order valence-electron chi connectivity index (χ2n) is 7.08. The van der Waals surface area contributed by atoms with Crippen molar-refractivity contribution in [3.05, 3.63) is 45.3 Å². The number of hydrogen-bond donors (Lipinski definition) is 0. The minimum absolute atomic E-state index is 0.245. The molecule has 1 saturated carbocycles. The molecule has 1 heterocycles. The van der Waals surface area contributed by atoms with E-state index in [1.54, 1.807) is 6.07 Å². The van der Waals surface area contributed by atoms with E-state index in [9.17, 15) is 4.79 Å². The summed E-state index contributed by atoms with van der Waals surface area (Å²) < 4.78 is 5.41. The Kier molecular flexibility index (Phi) is 4.86. The third-order valence-electron chi connectivity index (χ3n) is 5.31. The first-order chi connectivity index (χ1) is 11.0. The third-order valence-corrected chi connectivity index (χ3v) is 5.31. The van der Waals surface area contributed by atoms with Crippen molar-refractivity contribution in [1.82, 2.24) is 4.90 Å². The average Bonchev–Trinajstić information content (AvgIpc) is 2.78. The first kappa shape index (κ1) is 16.3. The summed E-state index contributed by atoms with van der Waals surface area (Å²) in [6, 6.07) is 6.45. The highest BCUT2D eigenvalue weighted by Gasteiger charge is 2.18. The van der Waals surface area contributed by atoms with Crippen molar-refractivity contribution in [1.29, 1.82) is 0 Å². The molecule has 0 spiro atoms. The van der Waals surface area contributed by atoms with Crippen molar-refractivity contribution in [2.75, 3.05) is 7.05 Å². The highest BCUT2D eigenvalue weighted by atomic mass is 16.4. The van der Waals surface area contributed by atoms with E-state index in [-0.39, 0.29) is 5.63 Å². The summed E-state index contributed by atoms with van der Waals surface area (Å²) in [7, 11) is 2.19. The van der Waals surface area contributed by atoms with Crippen molar-refractivity contribution in [3.8, 4) is 0 Å². The smallest absolute Gasteiger partial charge is 0.336 e. The normalized spacial score (nSPS) is 16.9. The van der Waals surface area contributed by atoms with Gasteiger partial charge in [-0.25, -0.2) is 4.79 Å². The molecule has 1 aromatic heterocycles. The Morgan fingerprint density at radius 2 is 1.70 bits per heavy atom. The van der Waals surface area contributed by atoms with Crippen LogP contribution in [0.1, 0.15) is 55.2 Å². The first-order valence-corrected chi connectivity index (χ1v) is 8.79. The van der Waals surface area contributed by atoms with Crippen LogP contribution in [0.15, 0.2) is 27.4 Å². The summed E-state index contributed by atoms with van der Waals surface area (Å²) in [5.41, 5.74) is 3.96. The van der Waals surface area contributed by atoms with Crippen LogP contribution in [-0.2, 0) is 6.54 Å². The highest BCUT2D eigenvalue weighted by Crippen LogP contribution is 2.25. The van der Waals surface area contributed by atoms with Gasteiger partial charge in [0.15, 0.2) is 0 Å². The maximum Gasteiger partial charge on any atom is 0.336 e. The fraction of sp³-hybridized carbons (Fsp3) is 0.550. The minimum atomic E-state index is -0.245. The lowest BCUT2D eigenvalue weighted by molar-refractivity contribution is 0.213. The quantitative estimate of drug-likeness (QED) is 0.615. The molecule has 3 nitrogen and oxygen atoms in total. The lowest BCUT2D eigenvalue weighted by Gasteiger charge is -2.27. The summed E-state index contributed by atoms with van der Waals surface area (Å²) in [5, 5.41) is 1.08. The van der Waals surface area contributed by atoms with E-state index in [4.69, 9.17) is 4.42 Å². The second kappa shape index (κ2) is 6.88. The van der Waals surface area contributed by atoms with E-state index in [0.29, 0.717) is 11.6 Å². The molecule has 0 radical (unpaired) electrons. The number of hydrogen-bond acceptors (Lipinski definition) is 3. The van der Waals surface area contributed by atoms with Gasteiger partial charge in [0.2, 0.25) is 0 Å². The zero-order chi connectivity index (χ0) is 16.4. The molecule has 3 rings (SSSR count). The van der Waals surface area contributed by atoms with Crippen LogP contribution in [-0.4, -0.2) is 18.0 Å². The van der Waals surface area contributed by atoms with Crippen LogP contribution in [0.4, 0.5) is 0 Å². The molecule has 2 aromatic rings. The van der Waals surface area contributed by atoms with Crippen LogP contribution in [0.25, 0.3) is 11.0 Å². The Morgan fingerprint density at radius 1 is 1.04 bits per heavy atom. The van der Waals surface area contributed by atoms with Gasteiger partial charge in [-0.05, 0) is 62.6 Å². The lowest BCUT2D eigenvalue weighted by atomic mass is 10.0. The number of nitrogens with zero attached hydrogens (tertiary/aromatic N) is 1. The van der Waals surface area contributed by atoms with E-state index >= 15 is 0 Å². The molecule has 1 fully saturated rings. The van der Waals surface area contributed by atoms with Gasteiger partial charge in [-0.3, -0.25) is 4.90 Å². The minimum Gasteiger partial charge on any atom is -0.423 e. The van der Waals surface area contributed by atoms with Crippen LogP contribution in [0.2, 0.25) is 0 Å². The summed E-state index contributed by atoms with van der Waals surface area (Å²) >= 11 is 0. The molecule has 23 heavy (non-hydrogen) atoms. The zero-order valence-electron chi connectivity index (χ0n) is 14.5. The molecule has 0 bridgehead atoms. The molecule has 1 aromatic carbocycles. The van der Waals surface area contributed by atoms with Crippen molar-refractivity contribution in [2.45, 2.75) is 65.0 Å². The van der Waals surface area contributed by atoms with Crippen LogP contribution in [0.5, 0.6) is 0 Å². The second-order valence-corrected chi connectivity index (χ2v) is 7.08. The molecular weight excluding hydrogens is 286 g/mol. The molecule has 0 saturated heterocycles. The van der Waals surface area contributed by atoms with E-state index in [1.165, 1.54) is 44.1 Å².